The number of aromatic nitrogens is 2. The van der Waals surface area contributed by atoms with E-state index in [4.69, 9.17) is 9.47 Å². The molecule has 122 valence electrons. The molecule has 0 unspecified atom stereocenters. The largest absolute Gasteiger partial charge is 0.493 e. The fraction of sp³-hybridized carbons (Fsp3) is 0.375. The zero-order valence-corrected chi connectivity index (χ0v) is 13.0. The van der Waals surface area contributed by atoms with Gasteiger partial charge < -0.3 is 20.1 Å². The molecule has 0 fully saturated rings. The molecule has 1 aromatic heterocycles. The second-order valence-electron chi connectivity index (χ2n) is 5.31. The van der Waals surface area contributed by atoms with Crippen LogP contribution in [-0.2, 0) is 11.3 Å². The Morgan fingerprint density at radius 3 is 3.22 bits per heavy atom. The van der Waals surface area contributed by atoms with E-state index in [9.17, 15) is 4.79 Å². The van der Waals surface area contributed by atoms with E-state index in [1.165, 1.54) is 0 Å². The SMILES string of the molecule is COCCn1cc(NC(=O)N[C@H]2CCOc3ccccc32)cn1. The first-order valence-electron chi connectivity index (χ1n) is 7.57. The predicted octanol–water partition coefficient (Wildman–Crippen LogP) is 2.17. The number of methoxy groups -OCH3 is 1. The molecule has 3 rings (SSSR count). The Balaban J connectivity index is 1.59. The summed E-state index contributed by atoms with van der Waals surface area (Å²) in [5.74, 6) is 0.830. The lowest BCUT2D eigenvalue weighted by Gasteiger charge is -2.26. The highest BCUT2D eigenvalue weighted by atomic mass is 16.5. The van der Waals surface area contributed by atoms with Crippen LogP contribution in [0.5, 0.6) is 5.75 Å². The van der Waals surface area contributed by atoms with Gasteiger partial charge in [-0.25, -0.2) is 4.79 Å². The molecular formula is C16H20N4O3. The summed E-state index contributed by atoms with van der Waals surface area (Å²) in [6.07, 6.45) is 4.14. The van der Waals surface area contributed by atoms with E-state index in [0.717, 1.165) is 17.7 Å². The van der Waals surface area contributed by atoms with Crippen molar-refractivity contribution in [1.82, 2.24) is 15.1 Å². The van der Waals surface area contributed by atoms with Gasteiger partial charge in [-0.2, -0.15) is 5.10 Å². The number of rotatable bonds is 5. The van der Waals surface area contributed by atoms with Crippen LogP contribution in [0.3, 0.4) is 0 Å². The highest BCUT2D eigenvalue weighted by molar-refractivity contribution is 5.89. The zero-order chi connectivity index (χ0) is 16.1. The van der Waals surface area contributed by atoms with Gasteiger partial charge in [-0.3, -0.25) is 4.68 Å². The number of benzene rings is 1. The molecule has 1 atom stereocenters. The van der Waals surface area contributed by atoms with Gasteiger partial charge in [-0.05, 0) is 6.07 Å². The molecule has 0 spiro atoms. The number of fused-ring (bicyclic) bond motifs is 1. The van der Waals surface area contributed by atoms with Gasteiger partial charge in [0.05, 0.1) is 37.7 Å². The van der Waals surface area contributed by atoms with Crippen LogP contribution in [0.25, 0.3) is 0 Å². The summed E-state index contributed by atoms with van der Waals surface area (Å²) in [6.45, 7) is 1.82. The van der Waals surface area contributed by atoms with Crippen molar-refractivity contribution in [3.8, 4) is 5.75 Å². The molecule has 2 amide bonds. The number of hydrogen-bond donors (Lipinski definition) is 2. The Kier molecular flexibility index (Phi) is 4.77. The molecule has 0 radical (unpaired) electrons. The van der Waals surface area contributed by atoms with Crippen molar-refractivity contribution in [3.05, 3.63) is 42.2 Å². The van der Waals surface area contributed by atoms with E-state index in [0.29, 0.717) is 25.4 Å². The van der Waals surface area contributed by atoms with Gasteiger partial charge in [0.15, 0.2) is 0 Å². The van der Waals surface area contributed by atoms with Gasteiger partial charge in [0.1, 0.15) is 5.75 Å². The van der Waals surface area contributed by atoms with Gasteiger partial charge >= 0.3 is 6.03 Å². The molecule has 2 N–H and O–H groups in total. The molecule has 0 aliphatic carbocycles. The van der Waals surface area contributed by atoms with Crippen LogP contribution in [0.15, 0.2) is 36.7 Å². The minimum atomic E-state index is -0.252. The van der Waals surface area contributed by atoms with Crippen LogP contribution in [0.2, 0.25) is 0 Å². The van der Waals surface area contributed by atoms with Crippen LogP contribution in [-0.4, -0.2) is 36.1 Å². The molecule has 7 nitrogen and oxygen atoms in total. The number of anilines is 1. The normalized spacial score (nSPS) is 16.3. The van der Waals surface area contributed by atoms with Crippen LogP contribution in [0, 0.1) is 0 Å². The van der Waals surface area contributed by atoms with Crippen molar-refractivity contribution >= 4 is 11.7 Å². The van der Waals surface area contributed by atoms with Gasteiger partial charge in [0.25, 0.3) is 0 Å². The fourth-order valence-electron chi connectivity index (χ4n) is 2.55. The molecule has 7 heteroatoms. The van der Waals surface area contributed by atoms with E-state index in [1.54, 1.807) is 24.2 Å². The van der Waals surface area contributed by atoms with E-state index in [1.807, 2.05) is 24.3 Å². The van der Waals surface area contributed by atoms with Crippen molar-refractivity contribution in [2.24, 2.45) is 0 Å². The first-order valence-corrected chi connectivity index (χ1v) is 7.57. The number of amides is 2. The molecule has 2 aromatic rings. The third-order valence-corrected chi connectivity index (χ3v) is 3.68. The number of carbonyl (C=O) groups excluding carboxylic acids is 1. The lowest BCUT2D eigenvalue weighted by molar-refractivity contribution is 0.183. The fourth-order valence-corrected chi connectivity index (χ4v) is 2.55. The monoisotopic (exact) mass is 316 g/mol. The zero-order valence-electron chi connectivity index (χ0n) is 13.0. The Bertz CT molecular complexity index is 671. The van der Waals surface area contributed by atoms with Crippen molar-refractivity contribution < 1.29 is 14.3 Å². The minimum Gasteiger partial charge on any atom is -0.493 e. The molecule has 2 heterocycles. The third kappa shape index (κ3) is 3.81. The van der Waals surface area contributed by atoms with E-state index >= 15 is 0 Å². The second kappa shape index (κ2) is 7.15. The van der Waals surface area contributed by atoms with Crippen LogP contribution < -0.4 is 15.4 Å². The molecule has 0 saturated heterocycles. The number of para-hydroxylation sites is 1. The van der Waals surface area contributed by atoms with Gasteiger partial charge in [-0.15, -0.1) is 0 Å². The summed E-state index contributed by atoms with van der Waals surface area (Å²) in [5.41, 5.74) is 1.66. The molecule has 1 aromatic carbocycles. The minimum absolute atomic E-state index is 0.0523. The van der Waals surface area contributed by atoms with Gasteiger partial charge in [-0.1, -0.05) is 18.2 Å². The second-order valence-corrected chi connectivity index (χ2v) is 5.31. The van der Waals surface area contributed by atoms with Crippen molar-refractivity contribution in [3.63, 3.8) is 0 Å². The molecular weight excluding hydrogens is 296 g/mol. The van der Waals surface area contributed by atoms with Gasteiger partial charge in [0.2, 0.25) is 0 Å². The molecule has 0 bridgehead atoms. The van der Waals surface area contributed by atoms with Crippen LogP contribution in [0.1, 0.15) is 18.0 Å². The number of hydrogen-bond acceptors (Lipinski definition) is 4. The first-order chi connectivity index (χ1) is 11.3. The molecule has 1 aliphatic heterocycles. The Hall–Kier alpha value is -2.54. The van der Waals surface area contributed by atoms with E-state index < -0.39 is 0 Å². The average molecular weight is 316 g/mol. The van der Waals surface area contributed by atoms with Crippen molar-refractivity contribution in [2.45, 2.75) is 19.0 Å². The number of carbonyl (C=O) groups is 1. The Morgan fingerprint density at radius 1 is 1.48 bits per heavy atom. The predicted molar refractivity (Wildman–Crippen MR) is 85.6 cm³/mol. The quantitative estimate of drug-likeness (QED) is 0.886. The summed E-state index contributed by atoms with van der Waals surface area (Å²) in [6, 6.07) is 7.46. The highest BCUT2D eigenvalue weighted by Gasteiger charge is 2.22. The average Bonchev–Trinajstić information content (AvgIpc) is 3.00. The first kappa shape index (κ1) is 15.4. The maximum Gasteiger partial charge on any atom is 0.319 e. The lowest BCUT2D eigenvalue weighted by Crippen LogP contribution is -2.35. The van der Waals surface area contributed by atoms with E-state index in [2.05, 4.69) is 15.7 Å². The summed E-state index contributed by atoms with van der Waals surface area (Å²) in [5, 5.41) is 9.95. The third-order valence-electron chi connectivity index (χ3n) is 3.68. The highest BCUT2D eigenvalue weighted by Crippen LogP contribution is 2.31. The number of nitrogens with one attached hydrogen (secondary N) is 2. The maximum absolute atomic E-state index is 12.2. The Morgan fingerprint density at radius 2 is 2.35 bits per heavy atom. The smallest absolute Gasteiger partial charge is 0.319 e. The van der Waals surface area contributed by atoms with E-state index in [-0.39, 0.29) is 12.1 Å². The van der Waals surface area contributed by atoms with Crippen molar-refractivity contribution in [2.75, 3.05) is 25.6 Å². The molecule has 1 aliphatic rings. The summed E-state index contributed by atoms with van der Waals surface area (Å²) in [7, 11) is 1.64. The summed E-state index contributed by atoms with van der Waals surface area (Å²) >= 11 is 0. The van der Waals surface area contributed by atoms with Crippen LogP contribution >= 0.6 is 0 Å². The number of urea groups is 1. The topological polar surface area (TPSA) is 77.4 Å². The lowest BCUT2D eigenvalue weighted by atomic mass is 10.0. The molecule has 23 heavy (non-hydrogen) atoms. The summed E-state index contributed by atoms with van der Waals surface area (Å²) in [4.78, 5) is 12.2. The molecule has 0 saturated carbocycles. The number of nitrogens with zero attached hydrogens (tertiary/aromatic N) is 2. The van der Waals surface area contributed by atoms with Crippen LogP contribution in [0.4, 0.5) is 10.5 Å². The maximum atomic E-state index is 12.2. The Labute approximate surface area is 134 Å². The number of ether oxygens (including phenoxy) is 2. The van der Waals surface area contributed by atoms with Gasteiger partial charge in [0, 0.05) is 25.3 Å². The summed E-state index contributed by atoms with van der Waals surface area (Å²) < 4.78 is 12.3. The standard InChI is InChI=1S/C16H20N4O3/c1-22-9-7-20-11-12(10-17-20)18-16(21)19-14-6-8-23-15-5-3-2-4-13(14)15/h2-5,10-11,14H,6-9H2,1H3,(H2,18,19,21)/t14-/m0/s1. The van der Waals surface area contributed by atoms with Crippen molar-refractivity contribution in [1.29, 1.82) is 0 Å².